The summed E-state index contributed by atoms with van der Waals surface area (Å²) in [6.07, 6.45) is 4.39. The Bertz CT molecular complexity index is 999. The minimum atomic E-state index is -0.0474. The van der Waals surface area contributed by atoms with Gasteiger partial charge < -0.3 is 4.74 Å². The highest BCUT2D eigenvalue weighted by atomic mass is 79.9. The molecule has 1 fully saturated rings. The van der Waals surface area contributed by atoms with Crippen LogP contribution in [0.15, 0.2) is 67.9 Å². The minimum Gasteiger partial charge on any atom is -0.487 e. The number of rotatable bonds is 7. The smallest absolute Gasteiger partial charge is 0.266 e. The molecule has 1 aliphatic rings. The van der Waals surface area contributed by atoms with Crippen molar-refractivity contribution in [1.29, 1.82) is 0 Å². The monoisotopic (exact) mass is 568 g/mol. The highest BCUT2D eigenvalue weighted by Crippen LogP contribution is 2.38. The number of thioether (sulfide) groups is 1. The molecule has 4 nitrogen and oxygen atoms in total. The molecule has 0 spiro atoms. The van der Waals surface area contributed by atoms with E-state index in [0.29, 0.717) is 34.0 Å². The Morgan fingerprint density at radius 3 is 2.50 bits per heavy atom. The fourth-order valence-corrected chi connectivity index (χ4v) is 5.33. The van der Waals surface area contributed by atoms with Gasteiger partial charge in [-0.05, 0) is 98.1 Å². The second kappa shape index (κ2) is 10.7. The second-order valence-corrected chi connectivity index (χ2v) is 9.51. The van der Waals surface area contributed by atoms with Crippen molar-refractivity contribution in [3.63, 3.8) is 0 Å². The Labute approximate surface area is 202 Å². The van der Waals surface area contributed by atoms with Crippen LogP contribution in [0.25, 0.3) is 6.08 Å². The van der Waals surface area contributed by atoms with E-state index in [1.165, 1.54) is 11.8 Å². The zero-order valence-electron chi connectivity index (χ0n) is 16.2. The van der Waals surface area contributed by atoms with E-state index in [1.807, 2.05) is 37.3 Å². The van der Waals surface area contributed by atoms with Crippen LogP contribution >= 0.6 is 55.2 Å². The zero-order chi connectivity index (χ0) is 21.7. The summed E-state index contributed by atoms with van der Waals surface area (Å²) in [6, 6.07) is 11.1. The summed E-state index contributed by atoms with van der Waals surface area (Å²) in [5, 5.41) is 1.32. The Morgan fingerprint density at radius 1 is 1.23 bits per heavy atom. The molecule has 3 rings (SSSR count). The maximum atomic E-state index is 13.0. The minimum absolute atomic E-state index is 0.0474. The van der Waals surface area contributed by atoms with Crippen molar-refractivity contribution in [2.45, 2.75) is 13.3 Å². The number of ether oxygens (including phenoxy) is 1. The molecule has 0 atom stereocenters. The van der Waals surface area contributed by atoms with E-state index in [4.69, 9.17) is 16.3 Å². The molecule has 0 aromatic heterocycles. The number of amidine groups is 1. The first-order valence-corrected chi connectivity index (χ1v) is 12.0. The number of carbonyl (C=O) groups is 1. The van der Waals surface area contributed by atoms with E-state index < -0.39 is 0 Å². The lowest BCUT2D eigenvalue weighted by Gasteiger charge is -2.14. The van der Waals surface area contributed by atoms with Gasteiger partial charge in [0.1, 0.15) is 12.4 Å². The van der Waals surface area contributed by atoms with Crippen molar-refractivity contribution >= 4 is 78.1 Å². The molecule has 1 saturated heterocycles. The molecule has 1 amide bonds. The normalized spacial score (nSPS) is 16.5. The highest BCUT2D eigenvalue weighted by molar-refractivity contribution is 9.11. The van der Waals surface area contributed by atoms with Gasteiger partial charge in [-0.1, -0.05) is 31.2 Å². The lowest BCUT2D eigenvalue weighted by atomic mass is 10.2. The Balaban J connectivity index is 1.92. The number of hydrogen-bond acceptors (Lipinski definition) is 4. The Kier molecular flexibility index (Phi) is 8.22. The molecule has 0 saturated carbocycles. The van der Waals surface area contributed by atoms with Gasteiger partial charge >= 0.3 is 0 Å². The van der Waals surface area contributed by atoms with Crippen molar-refractivity contribution in [2.75, 3.05) is 13.2 Å². The average molecular weight is 571 g/mol. The number of nitrogens with zero attached hydrogens (tertiary/aromatic N) is 2. The van der Waals surface area contributed by atoms with Crippen molar-refractivity contribution < 1.29 is 9.53 Å². The number of aliphatic imine (C=N–C) groups is 1. The number of hydrogen-bond donors (Lipinski definition) is 0. The van der Waals surface area contributed by atoms with E-state index in [1.54, 1.807) is 23.1 Å². The molecule has 0 aliphatic carbocycles. The standard InChI is InChI=1S/C22H19Br2ClN2O2S/c1-3-9-27-21(28)19(30-22(27)26-16-7-5-15(25)6-8-16)13-14-11-17(23)20(18(24)12-14)29-10-4-2/h4-8,11-13H,2-3,9-10H2,1H3/b19-13-,26-22?. The van der Waals surface area contributed by atoms with Crippen LogP contribution in [0, 0.1) is 0 Å². The summed E-state index contributed by atoms with van der Waals surface area (Å²) < 4.78 is 7.25. The third-order valence-corrected chi connectivity index (χ3v) is 6.49. The van der Waals surface area contributed by atoms with Gasteiger partial charge in [0.05, 0.1) is 19.5 Å². The summed E-state index contributed by atoms with van der Waals surface area (Å²) in [4.78, 5) is 20.0. The molecule has 1 aliphatic heterocycles. The van der Waals surface area contributed by atoms with E-state index >= 15 is 0 Å². The summed E-state index contributed by atoms with van der Waals surface area (Å²) in [5.41, 5.74) is 1.63. The van der Waals surface area contributed by atoms with Gasteiger partial charge in [-0.2, -0.15) is 0 Å². The summed E-state index contributed by atoms with van der Waals surface area (Å²) in [5.74, 6) is 0.647. The summed E-state index contributed by atoms with van der Waals surface area (Å²) in [6.45, 7) is 6.72. The maximum Gasteiger partial charge on any atom is 0.266 e. The van der Waals surface area contributed by atoms with Crippen LogP contribution in [0.1, 0.15) is 18.9 Å². The summed E-state index contributed by atoms with van der Waals surface area (Å²) >= 11 is 14.4. The van der Waals surface area contributed by atoms with Crippen molar-refractivity contribution in [2.24, 2.45) is 4.99 Å². The van der Waals surface area contributed by atoms with E-state index in [-0.39, 0.29) is 5.91 Å². The predicted molar refractivity (Wildman–Crippen MR) is 134 cm³/mol. The largest absolute Gasteiger partial charge is 0.487 e. The van der Waals surface area contributed by atoms with Crippen molar-refractivity contribution in [1.82, 2.24) is 4.90 Å². The number of amides is 1. The first kappa shape index (κ1) is 23.1. The highest BCUT2D eigenvalue weighted by Gasteiger charge is 2.32. The van der Waals surface area contributed by atoms with Crippen LogP contribution in [0.5, 0.6) is 5.75 Å². The molecule has 0 bridgehead atoms. The Morgan fingerprint density at radius 2 is 1.90 bits per heavy atom. The van der Waals surface area contributed by atoms with Gasteiger partial charge in [-0.3, -0.25) is 9.69 Å². The molecule has 2 aromatic carbocycles. The van der Waals surface area contributed by atoms with Crippen LogP contribution in [0.3, 0.4) is 0 Å². The van der Waals surface area contributed by atoms with Crippen LogP contribution in [-0.2, 0) is 4.79 Å². The number of benzene rings is 2. The quantitative estimate of drug-likeness (QED) is 0.257. The van der Waals surface area contributed by atoms with E-state index in [2.05, 4.69) is 43.4 Å². The average Bonchev–Trinajstić information content (AvgIpc) is 2.98. The second-order valence-electron chi connectivity index (χ2n) is 6.35. The van der Waals surface area contributed by atoms with Crippen molar-refractivity contribution in [3.8, 4) is 5.75 Å². The van der Waals surface area contributed by atoms with Gasteiger partial charge in [0.2, 0.25) is 0 Å². The van der Waals surface area contributed by atoms with Crippen LogP contribution in [-0.4, -0.2) is 29.1 Å². The molecule has 30 heavy (non-hydrogen) atoms. The number of carbonyl (C=O) groups excluding carboxylic acids is 1. The fraction of sp³-hybridized carbons (Fsp3) is 0.182. The molecule has 0 unspecified atom stereocenters. The molecule has 156 valence electrons. The zero-order valence-corrected chi connectivity index (χ0v) is 20.9. The molecule has 8 heteroatoms. The SMILES string of the molecule is C=CCOc1c(Br)cc(/C=C2\SC(=Nc3ccc(Cl)cc3)N(CCC)C2=O)cc1Br. The molecule has 1 heterocycles. The van der Waals surface area contributed by atoms with E-state index in [9.17, 15) is 4.79 Å². The Hall–Kier alpha value is -1.54. The van der Waals surface area contributed by atoms with Crippen LogP contribution in [0.4, 0.5) is 5.69 Å². The maximum absolute atomic E-state index is 13.0. The van der Waals surface area contributed by atoms with Gasteiger partial charge in [0, 0.05) is 11.6 Å². The summed E-state index contributed by atoms with van der Waals surface area (Å²) in [7, 11) is 0. The predicted octanol–water partition coefficient (Wildman–Crippen LogP) is 7.44. The van der Waals surface area contributed by atoms with Gasteiger partial charge in [0.15, 0.2) is 5.17 Å². The van der Waals surface area contributed by atoms with Gasteiger partial charge in [-0.25, -0.2) is 4.99 Å². The topological polar surface area (TPSA) is 41.9 Å². The molecule has 0 radical (unpaired) electrons. The first-order valence-electron chi connectivity index (χ1n) is 9.21. The molecule has 2 aromatic rings. The lowest BCUT2D eigenvalue weighted by Crippen LogP contribution is -2.29. The van der Waals surface area contributed by atoms with Crippen molar-refractivity contribution in [3.05, 3.63) is 73.5 Å². The van der Waals surface area contributed by atoms with Crippen LogP contribution < -0.4 is 4.74 Å². The first-order chi connectivity index (χ1) is 14.4. The van der Waals surface area contributed by atoms with Gasteiger partial charge in [0.25, 0.3) is 5.91 Å². The molecular weight excluding hydrogens is 552 g/mol. The third kappa shape index (κ3) is 5.58. The third-order valence-electron chi connectivity index (χ3n) is 4.05. The van der Waals surface area contributed by atoms with E-state index in [0.717, 1.165) is 26.6 Å². The number of halogens is 3. The molecule has 0 N–H and O–H groups in total. The fourth-order valence-electron chi connectivity index (χ4n) is 2.73. The van der Waals surface area contributed by atoms with Crippen LogP contribution in [0.2, 0.25) is 5.02 Å². The lowest BCUT2D eigenvalue weighted by molar-refractivity contribution is -0.122. The van der Waals surface area contributed by atoms with Gasteiger partial charge in [-0.15, -0.1) is 0 Å². The molecular formula is C22H19Br2ClN2O2S.